The summed E-state index contributed by atoms with van der Waals surface area (Å²) >= 11 is 3.08. The van der Waals surface area contributed by atoms with E-state index in [0.29, 0.717) is 18.3 Å². The zero-order valence-electron chi connectivity index (χ0n) is 8.65. The summed E-state index contributed by atoms with van der Waals surface area (Å²) < 4.78 is 11.1. The Balaban J connectivity index is 2.13. The number of nitrogens with zero attached hydrogens (tertiary/aromatic N) is 1. The first-order valence-electron chi connectivity index (χ1n) is 4.86. The fraction of sp³-hybridized carbons (Fsp3) is 0.300. The first-order chi connectivity index (χ1) is 7.75. The van der Waals surface area contributed by atoms with Crippen molar-refractivity contribution in [3.8, 4) is 22.1 Å². The highest BCUT2D eigenvalue weighted by Crippen LogP contribution is 2.46. The first-order valence-corrected chi connectivity index (χ1v) is 6.55. The lowest BCUT2D eigenvalue weighted by Crippen LogP contribution is -2.14. The van der Waals surface area contributed by atoms with Crippen LogP contribution in [0.1, 0.15) is 4.88 Å². The number of thiazole rings is 1. The maximum absolute atomic E-state index is 5.70. The van der Waals surface area contributed by atoms with Gasteiger partial charge in [0, 0.05) is 10.3 Å². The number of nitrogen functional groups attached to an aromatic ring is 1. The normalized spacial score (nSPS) is 14.1. The second-order valence-corrected chi connectivity index (χ2v) is 5.53. The zero-order chi connectivity index (χ0) is 11.1. The van der Waals surface area contributed by atoms with Crippen molar-refractivity contribution in [2.75, 3.05) is 18.9 Å². The van der Waals surface area contributed by atoms with Crippen LogP contribution in [-0.2, 0) is 0 Å². The molecule has 2 N–H and O–H groups in total. The van der Waals surface area contributed by atoms with Crippen LogP contribution in [0.25, 0.3) is 10.6 Å². The summed E-state index contributed by atoms with van der Waals surface area (Å²) in [6, 6.07) is 0. The Morgan fingerprint density at radius 2 is 2.19 bits per heavy atom. The molecule has 0 saturated carbocycles. The lowest BCUT2D eigenvalue weighted by Gasteiger charge is -2.15. The Labute approximate surface area is 101 Å². The predicted molar refractivity (Wildman–Crippen MR) is 65.6 cm³/mol. The van der Waals surface area contributed by atoms with Gasteiger partial charge in [0.25, 0.3) is 0 Å². The van der Waals surface area contributed by atoms with E-state index < -0.39 is 0 Å². The van der Waals surface area contributed by atoms with E-state index in [9.17, 15) is 0 Å². The van der Waals surface area contributed by atoms with Crippen molar-refractivity contribution in [1.29, 1.82) is 0 Å². The molecule has 0 fully saturated rings. The number of aryl methyl sites for hydroxylation is 1. The average Bonchev–Trinajstić information content (AvgIpc) is 2.81. The van der Waals surface area contributed by atoms with Gasteiger partial charge in [0.2, 0.25) is 0 Å². The molecule has 0 radical (unpaired) electrons. The lowest BCUT2D eigenvalue weighted by atomic mass is 10.3. The van der Waals surface area contributed by atoms with Gasteiger partial charge in [-0.05, 0) is 6.92 Å². The molecule has 0 aromatic carbocycles. The topological polar surface area (TPSA) is 57.4 Å². The Morgan fingerprint density at radius 1 is 1.38 bits per heavy atom. The number of hydrogen-bond acceptors (Lipinski definition) is 6. The first kappa shape index (κ1) is 9.92. The molecule has 2 aromatic rings. The number of aromatic nitrogens is 1. The van der Waals surface area contributed by atoms with Crippen molar-refractivity contribution >= 4 is 27.8 Å². The van der Waals surface area contributed by atoms with Gasteiger partial charge in [-0.1, -0.05) is 0 Å². The highest BCUT2D eigenvalue weighted by Gasteiger charge is 2.22. The molecule has 0 saturated heterocycles. The number of thiophene rings is 1. The molecule has 6 heteroatoms. The van der Waals surface area contributed by atoms with E-state index in [1.807, 2.05) is 12.3 Å². The van der Waals surface area contributed by atoms with Gasteiger partial charge in [0.15, 0.2) is 16.6 Å². The number of ether oxygens (including phenoxy) is 2. The molecule has 16 heavy (non-hydrogen) atoms. The third-order valence-electron chi connectivity index (χ3n) is 2.33. The average molecular weight is 254 g/mol. The van der Waals surface area contributed by atoms with Gasteiger partial charge in [-0.15, -0.1) is 22.7 Å². The van der Waals surface area contributed by atoms with Crippen molar-refractivity contribution in [3.63, 3.8) is 0 Å². The van der Waals surface area contributed by atoms with Crippen molar-refractivity contribution in [1.82, 2.24) is 4.98 Å². The maximum Gasteiger partial charge on any atom is 0.181 e. The zero-order valence-corrected chi connectivity index (χ0v) is 10.3. The molecule has 2 aromatic heterocycles. The minimum Gasteiger partial charge on any atom is -0.485 e. The van der Waals surface area contributed by atoms with Crippen LogP contribution in [0.2, 0.25) is 0 Å². The molecule has 84 valence electrons. The van der Waals surface area contributed by atoms with Crippen molar-refractivity contribution in [3.05, 3.63) is 10.3 Å². The van der Waals surface area contributed by atoms with Crippen LogP contribution >= 0.6 is 22.7 Å². The van der Waals surface area contributed by atoms with Crippen molar-refractivity contribution in [2.45, 2.75) is 6.92 Å². The lowest BCUT2D eigenvalue weighted by molar-refractivity contribution is 0.174. The summed E-state index contributed by atoms with van der Waals surface area (Å²) in [6.45, 7) is 3.22. The Hall–Kier alpha value is -1.27. The minimum absolute atomic E-state index is 0.589. The Kier molecular flexibility index (Phi) is 2.26. The Bertz CT molecular complexity index is 533. The van der Waals surface area contributed by atoms with Gasteiger partial charge < -0.3 is 15.2 Å². The van der Waals surface area contributed by atoms with Gasteiger partial charge in [0.1, 0.15) is 18.9 Å². The molecule has 4 nitrogen and oxygen atoms in total. The number of nitrogens with two attached hydrogens (primary N) is 1. The highest BCUT2D eigenvalue weighted by atomic mass is 32.1. The number of anilines is 1. The summed E-state index contributed by atoms with van der Waals surface area (Å²) in [5.41, 5.74) is 6.62. The summed E-state index contributed by atoms with van der Waals surface area (Å²) in [7, 11) is 0. The third kappa shape index (κ3) is 1.45. The van der Waals surface area contributed by atoms with E-state index in [-0.39, 0.29) is 0 Å². The predicted octanol–water partition coefficient (Wildman–Crippen LogP) is 2.53. The second kappa shape index (κ2) is 3.64. The highest BCUT2D eigenvalue weighted by molar-refractivity contribution is 7.17. The summed E-state index contributed by atoms with van der Waals surface area (Å²) in [4.78, 5) is 6.45. The van der Waals surface area contributed by atoms with E-state index >= 15 is 0 Å². The van der Waals surface area contributed by atoms with Crippen molar-refractivity contribution < 1.29 is 9.47 Å². The number of rotatable bonds is 1. The smallest absolute Gasteiger partial charge is 0.181 e. The molecule has 0 bridgehead atoms. The molecule has 3 rings (SSSR count). The molecule has 1 aliphatic rings. The van der Waals surface area contributed by atoms with E-state index in [1.165, 1.54) is 11.3 Å². The van der Waals surface area contributed by atoms with Gasteiger partial charge >= 0.3 is 0 Å². The van der Waals surface area contributed by atoms with Crippen LogP contribution in [0.15, 0.2) is 5.38 Å². The third-order valence-corrected chi connectivity index (χ3v) is 4.08. The number of fused-ring (bicyclic) bond motifs is 1. The van der Waals surface area contributed by atoms with Crippen LogP contribution in [0.3, 0.4) is 0 Å². The van der Waals surface area contributed by atoms with Crippen LogP contribution < -0.4 is 15.2 Å². The molecule has 1 aliphatic heterocycles. The SMILES string of the molecule is Cc1sc(N)nc1-c1scc2c1OCCO2. The molecule has 0 aliphatic carbocycles. The molecular formula is C10H10N2O2S2. The summed E-state index contributed by atoms with van der Waals surface area (Å²) in [5, 5.41) is 2.55. The quantitative estimate of drug-likeness (QED) is 0.849. The fourth-order valence-corrected chi connectivity index (χ4v) is 3.39. The van der Waals surface area contributed by atoms with Gasteiger partial charge in [-0.25, -0.2) is 4.98 Å². The molecule has 0 amide bonds. The molecule has 0 atom stereocenters. The van der Waals surface area contributed by atoms with E-state index in [0.717, 1.165) is 26.9 Å². The minimum atomic E-state index is 0.589. The van der Waals surface area contributed by atoms with Crippen LogP contribution in [0.5, 0.6) is 11.5 Å². The maximum atomic E-state index is 5.70. The second-order valence-electron chi connectivity index (χ2n) is 3.41. The summed E-state index contributed by atoms with van der Waals surface area (Å²) in [6.07, 6.45) is 0. The summed E-state index contributed by atoms with van der Waals surface area (Å²) in [5.74, 6) is 1.63. The van der Waals surface area contributed by atoms with Crippen molar-refractivity contribution in [2.24, 2.45) is 0 Å². The van der Waals surface area contributed by atoms with E-state index in [2.05, 4.69) is 4.98 Å². The van der Waals surface area contributed by atoms with Crippen LogP contribution in [-0.4, -0.2) is 18.2 Å². The molecule has 0 unspecified atom stereocenters. The van der Waals surface area contributed by atoms with Gasteiger partial charge in [0.05, 0.1) is 4.88 Å². The Morgan fingerprint density at radius 3 is 2.94 bits per heavy atom. The van der Waals surface area contributed by atoms with Crippen LogP contribution in [0, 0.1) is 6.92 Å². The standard InChI is InChI=1S/C10H10N2O2S2/c1-5-7(12-10(11)16-5)9-8-6(4-15-9)13-2-3-14-8/h4H,2-3H2,1H3,(H2,11,12). The van der Waals surface area contributed by atoms with Crippen LogP contribution in [0.4, 0.5) is 5.13 Å². The van der Waals surface area contributed by atoms with Gasteiger partial charge in [-0.3, -0.25) is 0 Å². The fourth-order valence-electron chi connectivity index (χ4n) is 1.65. The largest absolute Gasteiger partial charge is 0.485 e. The molecule has 0 spiro atoms. The van der Waals surface area contributed by atoms with E-state index in [4.69, 9.17) is 15.2 Å². The van der Waals surface area contributed by atoms with E-state index in [1.54, 1.807) is 11.3 Å². The molecular weight excluding hydrogens is 244 g/mol. The monoisotopic (exact) mass is 254 g/mol. The number of hydrogen-bond donors (Lipinski definition) is 1. The molecule has 3 heterocycles. The van der Waals surface area contributed by atoms with Gasteiger partial charge in [-0.2, -0.15) is 0 Å².